The Morgan fingerprint density at radius 1 is 0.625 bits per heavy atom. The van der Waals surface area contributed by atoms with Gasteiger partial charge in [0.05, 0.1) is 6.54 Å². The highest BCUT2D eigenvalue weighted by molar-refractivity contribution is 5.78. The van der Waals surface area contributed by atoms with Gasteiger partial charge in [-0.2, -0.15) is 0 Å². The molecule has 0 spiro atoms. The molecule has 0 aliphatic carbocycles. The van der Waals surface area contributed by atoms with Crippen LogP contribution in [0.4, 0.5) is 0 Å². The molecule has 0 amide bonds. The maximum atomic E-state index is 12.4. The molecule has 3 N–H and O–H groups in total. The van der Waals surface area contributed by atoms with Crippen molar-refractivity contribution in [1.82, 2.24) is 0 Å². The molecule has 0 bridgehead atoms. The van der Waals surface area contributed by atoms with Gasteiger partial charge in [0, 0.05) is 25.7 Å². The van der Waals surface area contributed by atoms with E-state index in [0.29, 0.717) is 32.1 Å². The van der Waals surface area contributed by atoms with Gasteiger partial charge in [-0.3, -0.25) is 4.48 Å². The van der Waals surface area contributed by atoms with Crippen LogP contribution in [0.25, 0.3) is 0 Å². The van der Waals surface area contributed by atoms with Gasteiger partial charge < -0.3 is 15.3 Å². The molecule has 0 aliphatic rings. The monoisotopic (exact) mass is 456 g/mol. The predicted molar refractivity (Wildman–Crippen MR) is 127 cm³/mol. The largest absolute Gasteiger partial charge is 0.477 e. The molecule has 7 nitrogen and oxygen atoms in total. The molecule has 0 heterocycles. The highest BCUT2D eigenvalue weighted by Crippen LogP contribution is 2.34. The van der Waals surface area contributed by atoms with Crippen LogP contribution in [0.15, 0.2) is 12.2 Å². The van der Waals surface area contributed by atoms with Gasteiger partial charge in [-0.05, 0) is 38.5 Å². The van der Waals surface area contributed by atoms with E-state index < -0.39 is 40.5 Å². The van der Waals surface area contributed by atoms with Crippen LogP contribution in [-0.2, 0) is 14.4 Å². The zero-order valence-electron chi connectivity index (χ0n) is 20.6. The summed E-state index contributed by atoms with van der Waals surface area (Å²) < 4.78 is -0.404. The van der Waals surface area contributed by atoms with Crippen molar-refractivity contribution in [3.8, 4) is 0 Å². The van der Waals surface area contributed by atoms with Crippen LogP contribution in [0, 0.1) is 0 Å². The summed E-state index contributed by atoms with van der Waals surface area (Å²) >= 11 is 0. The molecule has 0 radical (unpaired) electrons. The van der Waals surface area contributed by atoms with E-state index in [1.165, 1.54) is 6.42 Å². The van der Waals surface area contributed by atoms with E-state index in [-0.39, 0.29) is 25.8 Å². The van der Waals surface area contributed by atoms with Gasteiger partial charge in [-0.25, -0.2) is 14.4 Å². The number of carboxylic acids is 3. The Morgan fingerprint density at radius 2 is 1.00 bits per heavy atom. The fourth-order valence-electron chi connectivity index (χ4n) is 4.88. The van der Waals surface area contributed by atoms with Crippen molar-refractivity contribution in [3.63, 3.8) is 0 Å². The SMILES string of the molecule is CCCCC/C=C/CCC[N+](C(CCC)C(=O)O)(C(CCC)C(=O)O)C(CCC)C(=O)O. The number of carbonyl (C=O) groups is 3. The van der Waals surface area contributed by atoms with Crippen LogP contribution in [0.1, 0.15) is 105 Å². The van der Waals surface area contributed by atoms with Gasteiger partial charge in [-0.1, -0.05) is 52.7 Å². The summed E-state index contributed by atoms with van der Waals surface area (Å²) in [6.45, 7) is 7.95. The summed E-state index contributed by atoms with van der Waals surface area (Å²) in [4.78, 5) is 37.3. The lowest BCUT2D eigenvalue weighted by Gasteiger charge is -2.50. The van der Waals surface area contributed by atoms with Crippen molar-refractivity contribution in [2.75, 3.05) is 6.54 Å². The van der Waals surface area contributed by atoms with Gasteiger partial charge in [0.2, 0.25) is 0 Å². The number of unbranched alkanes of at least 4 members (excludes halogenated alkanes) is 4. The van der Waals surface area contributed by atoms with E-state index in [1.54, 1.807) is 0 Å². The molecule has 0 aromatic heterocycles. The molecular formula is C25H46NO6+. The fourth-order valence-corrected chi connectivity index (χ4v) is 4.88. The van der Waals surface area contributed by atoms with Gasteiger partial charge in [0.25, 0.3) is 0 Å². The molecule has 0 saturated heterocycles. The van der Waals surface area contributed by atoms with Crippen LogP contribution in [-0.4, -0.2) is 62.4 Å². The highest BCUT2D eigenvalue weighted by Gasteiger charge is 2.56. The summed E-state index contributed by atoms with van der Waals surface area (Å²) in [6.07, 6.45) is 12.3. The third-order valence-electron chi connectivity index (χ3n) is 6.34. The maximum Gasteiger partial charge on any atom is 0.362 e. The van der Waals surface area contributed by atoms with E-state index in [2.05, 4.69) is 19.1 Å². The predicted octanol–water partition coefficient (Wildman–Crippen LogP) is 5.48. The molecule has 0 fully saturated rings. The number of aliphatic carboxylic acids is 3. The minimum absolute atomic E-state index is 0.226. The van der Waals surface area contributed by atoms with Crippen LogP contribution < -0.4 is 0 Å². The first-order chi connectivity index (χ1) is 15.2. The third-order valence-corrected chi connectivity index (χ3v) is 6.34. The summed E-state index contributed by atoms with van der Waals surface area (Å²) in [5.41, 5.74) is 0. The van der Waals surface area contributed by atoms with E-state index >= 15 is 0 Å². The van der Waals surface area contributed by atoms with Crippen LogP contribution in [0.5, 0.6) is 0 Å². The summed E-state index contributed by atoms with van der Waals surface area (Å²) in [6, 6.07) is -3.18. The van der Waals surface area contributed by atoms with Crippen LogP contribution in [0.3, 0.4) is 0 Å². The van der Waals surface area contributed by atoms with Crippen LogP contribution >= 0.6 is 0 Å². The topological polar surface area (TPSA) is 112 Å². The Morgan fingerprint density at radius 3 is 1.31 bits per heavy atom. The van der Waals surface area contributed by atoms with Crippen molar-refractivity contribution in [3.05, 3.63) is 12.2 Å². The standard InChI is InChI=1S/C25H45NO6/c1-5-9-10-11-12-13-14-15-19-26(20(16-6-2)23(27)28,21(17-7-3)24(29)30)22(18-8-4)25(31)32/h12-13,20-22H,5-11,14-19H2,1-4H3,(H2-,27,28,29,30,31,32)/p+1/b13-12+. The van der Waals surface area contributed by atoms with Crippen molar-refractivity contribution < 1.29 is 34.2 Å². The van der Waals surface area contributed by atoms with Crippen molar-refractivity contribution >= 4 is 17.9 Å². The van der Waals surface area contributed by atoms with Crippen LogP contribution in [0.2, 0.25) is 0 Å². The first-order valence-corrected chi connectivity index (χ1v) is 12.4. The smallest absolute Gasteiger partial charge is 0.362 e. The fraction of sp³-hybridized carbons (Fsp3) is 0.800. The molecule has 3 atom stereocenters. The maximum absolute atomic E-state index is 12.4. The molecular weight excluding hydrogens is 410 g/mol. The van der Waals surface area contributed by atoms with Gasteiger partial charge in [0.1, 0.15) is 0 Å². The molecule has 7 heteroatoms. The van der Waals surface area contributed by atoms with E-state index in [1.807, 2.05) is 20.8 Å². The Kier molecular flexibility index (Phi) is 15.7. The first kappa shape index (κ1) is 30.1. The second-order valence-electron chi connectivity index (χ2n) is 8.76. The zero-order valence-corrected chi connectivity index (χ0v) is 20.6. The number of rotatable bonds is 20. The number of nitrogens with zero attached hydrogens (tertiary/aromatic N) is 1. The van der Waals surface area contributed by atoms with E-state index in [4.69, 9.17) is 0 Å². The highest BCUT2D eigenvalue weighted by atomic mass is 16.4. The average molecular weight is 457 g/mol. The lowest BCUT2D eigenvalue weighted by Crippen LogP contribution is -2.72. The molecule has 32 heavy (non-hydrogen) atoms. The summed E-state index contributed by atoms with van der Waals surface area (Å²) in [5, 5.41) is 30.4. The number of quaternary nitrogens is 1. The lowest BCUT2D eigenvalue weighted by molar-refractivity contribution is -0.973. The van der Waals surface area contributed by atoms with Crippen molar-refractivity contribution in [2.45, 2.75) is 123 Å². The summed E-state index contributed by atoms with van der Waals surface area (Å²) in [5.74, 6) is -3.31. The molecule has 0 aromatic carbocycles. The van der Waals surface area contributed by atoms with Gasteiger partial charge in [-0.15, -0.1) is 0 Å². The molecule has 3 unspecified atom stereocenters. The molecule has 0 saturated carbocycles. The minimum Gasteiger partial charge on any atom is -0.477 e. The second kappa shape index (κ2) is 16.7. The number of allylic oxidation sites excluding steroid dienone is 2. The molecule has 186 valence electrons. The lowest BCUT2D eigenvalue weighted by atomic mass is 9.91. The van der Waals surface area contributed by atoms with Gasteiger partial charge in [0.15, 0.2) is 18.1 Å². The number of carboxylic acid groups (broad SMARTS) is 3. The molecule has 0 aromatic rings. The second-order valence-corrected chi connectivity index (χ2v) is 8.76. The zero-order chi connectivity index (χ0) is 24.6. The quantitative estimate of drug-likeness (QED) is 0.127. The Balaban J connectivity index is 6.25. The summed E-state index contributed by atoms with van der Waals surface area (Å²) in [7, 11) is 0. The normalized spacial score (nSPS) is 16.4. The number of hydrogen-bond acceptors (Lipinski definition) is 3. The van der Waals surface area contributed by atoms with Crippen molar-refractivity contribution in [1.29, 1.82) is 0 Å². The first-order valence-electron chi connectivity index (χ1n) is 12.4. The molecule has 0 rings (SSSR count). The third kappa shape index (κ3) is 8.93. The Bertz CT molecular complexity index is 529. The molecule has 0 aliphatic heterocycles. The van der Waals surface area contributed by atoms with E-state index in [9.17, 15) is 29.7 Å². The van der Waals surface area contributed by atoms with Gasteiger partial charge >= 0.3 is 17.9 Å². The average Bonchev–Trinajstić information content (AvgIpc) is 2.73. The Labute approximate surface area is 194 Å². The number of hydrogen-bond donors (Lipinski definition) is 3. The van der Waals surface area contributed by atoms with Crippen molar-refractivity contribution in [2.24, 2.45) is 0 Å². The van der Waals surface area contributed by atoms with E-state index in [0.717, 1.165) is 19.3 Å². The minimum atomic E-state index is -1.10. The Hall–Kier alpha value is -1.89.